The van der Waals surface area contributed by atoms with E-state index in [0.29, 0.717) is 12.1 Å². The third kappa shape index (κ3) is 3.01. The molecule has 2 aromatic rings. The van der Waals surface area contributed by atoms with Crippen LogP contribution in [-0.2, 0) is 6.54 Å². The average molecular weight is 347 g/mol. The summed E-state index contributed by atoms with van der Waals surface area (Å²) in [5.74, 6) is 1.79. The summed E-state index contributed by atoms with van der Waals surface area (Å²) >= 11 is 0. The molecule has 2 unspecified atom stereocenters. The largest absolute Gasteiger partial charge is 0.490 e. The topological polar surface area (TPSA) is 21.7 Å². The van der Waals surface area contributed by atoms with Crippen LogP contribution in [0.4, 0.5) is 0 Å². The van der Waals surface area contributed by atoms with Gasteiger partial charge >= 0.3 is 0 Å². The molecule has 2 aromatic carbocycles. The highest BCUT2D eigenvalue weighted by atomic mass is 16.5. The molecule has 3 heteroatoms. The minimum absolute atomic E-state index is 0.555. The molecule has 3 aliphatic heterocycles. The van der Waals surface area contributed by atoms with Crippen LogP contribution in [0.3, 0.4) is 0 Å². The van der Waals surface area contributed by atoms with Crippen molar-refractivity contribution in [3.05, 3.63) is 65.7 Å². The quantitative estimate of drug-likeness (QED) is 0.805. The second kappa shape index (κ2) is 6.81. The lowest BCUT2D eigenvalue weighted by Gasteiger charge is -2.34. The molecule has 1 fully saturated rings. The van der Waals surface area contributed by atoms with Crippen LogP contribution >= 0.6 is 0 Å². The Labute approximate surface area is 155 Å². The summed E-state index contributed by atoms with van der Waals surface area (Å²) in [6, 6.07) is 18.5. The van der Waals surface area contributed by atoms with Crippen LogP contribution in [0, 0.1) is 0 Å². The number of fused-ring (bicyclic) bond motifs is 3. The number of hydrogen-bond acceptors (Lipinski definition) is 3. The van der Waals surface area contributed by atoms with Crippen molar-refractivity contribution < 1.29 is 9.47 Å². The van der Waals surface area contributed by atoms with Gasteiger partial charge in [-0.3, -0.25) is 4.90 Å². The number of rotatable bonds is 3. The third-order valence-corrected chi connectivity index (χ3v) is 5.87. The molecule has 3 aliphatic rings. The van der Waals surface area contributed by atoms with Crippen LogP contribution in [0.25, 0.3) is 5.57 Å². The monoisotopic (exact) mass is 347 g/mol. The van der Waals surface area contributed by atoms with Gasteiger partial charge in [0.05, 0.1) is 13.2 Å². The van der Waals surface area contributed by atoms with Gasteiger partial charge in [0.1, 0.15) is 0 Å². The fourth-order valence-corrected chi connectivity index (χ4v) is 4.54. The van der Waals surface area contributed by atoms with Crippen molar-refractivity contribution in [1.82, 2.24) is 4.90 Å². The Morgan fingerprint density at radius 1 is 0.923 bits per heavy atom. The highest BCUT2D eigenvalue weighted by Gasteiger charge is 2.36. The summed E-state index contributed by atoms with van der Waals surface area (Å²) < 4.78 is 11.7. The SMILES string of the molecule is C1=C(c2ccc3c(c2)OCCCO3)CC2CCC1N2Cc1ccccc1. The average Bonchev–Trinajstić information content (AvgIpc) is 2.88. The molecule has 5 rings (SSSR count). The van der Waals surface area contributed by atoms with Gasteiger partial charge in [0.25, 0.3) is 0 Å². The first-order chi connectivity index (χ1) is 12.9. The molecule has 134 valence electrons. The lowest BCUT2D eigenvalue weighted by Crippen LogP contribution is -2.37. The number of ether oxygens (including phenoxy) is 2. The molecule has 0 aliphatic carbocycles. The Kier molecular flexibility index (Phi) is 4.18. The normalized spacial score (nSPS) is 24.8. The van der Waals surface area contributed by atoms with Gasteiger partial charge in [0.15, 0.2) is 11.5 Å². The molecule has 2 atom stereocenters. The smallest absolute Gasteiger partial charge is 0.161 e. The Balaban J connectivity index is 1.39. The van der Waals surface area contributed by atoms with E-state index in [-0.39, 0.29) is 0 Å². The summed E-state index contributed by atoms with van der Waals surface area (Å²) in [7, 11) is 0. The van der Waals surface area contributed by atoms with Crippen molar-refractivity contribution in [2.24, 2.45) is 0 Å². The van der Waals surface area contributed by atoms with Crippen molar-refractivity contribution in [2.75, 3.05) is 13.2 Å². The second-order valence-electron chi connectivity index (χ2n) is 7.56. The summed E-state index contributed by atoms with van der Waals surface area (Å²) in [5, 5.41) is 0. The lowest BCUT2D eigenvalue weighted by atomic mass is 9.94. The molecule has 0 saturated carbocycles. The number of hydrogen-bond donors (Lipinski definition) is 0. The van der Waals surface area contributed by atoms with Crippen molar-refractivity contribution in [1.29, 1.82) is 0 Å². The van der Waals surface area contributed by atoms with E-state index in [9.17, 15) is 0 Å². The molecular weight excluding hydrogens is 322 g/mol. The Morgan fingerprint density at radius 2 is 1.77 bits per heavy atom. The standard InChI is InChI=1S/C23H25NO2/c1-2-5-17(6-3-1)16-24-20-8-9-21(24)14-19(13-20)18-7-10-22-23(15-18)26-12-4-11-25-22/h1-3,5-7,10,13,15,20-21H,4,8-9,11-12,14,16H2. The van der Waals surface area contributed by atoms with Crippen LogP contribution < -0.4 is 9.47 Å². The van der Waals surface area contributed by atoms with Gasteiger partial charge in [0, 0.05) is 25.0 Å². The molecule has 2 bridgehead atoms. The van der Waals surface area contributed by atoms with Crippen molar-refractivity contribution in [3.8, 4) is 11.5 Å². The lowest BCUT2D eigenvalue weighted by molar-refractivity contribution is 0.203. The van der Waals surface area contributed by atoms with Crippen molar-refractivity contribution in [2.45, 2.75) is 44.3 Å². The van der Waals surface area contributed by atoms with Gasteiger partial charge in [-0.2, -0.15) is 0 Å². The van der Waals surface area contributed by atoms with Crippen molar-refractivity contribution in [3.63, 3.8) is 0 Å². The third-order valence-electron chi connectivity index (χ3n) is 5.87. The first-order valence-corrected chi connectivity index (χ1v) is 9.77. The molecule has 3 heterocycles. The second-order valence-corrected chi connectivity index (χ2v) is 7.56. The fraction of sp³-hybridized carbons (Fsp3) is 0.391. The van der Waals surface area contributed by atoms with E-state index in [1.807, 2.05) is 0 Å². The minimum atomic E-state index is 0.555. The van der Waals surface area contributed by atoms with Gasteiger partial charge in [-0.15, -0.1) is 0 Å². The molecule has 0 aromatic heterocycles. The van der Waals surface area contributed by atoms with Crippen LogP contribution in [0.15, 0.2) is 54.6 Å². The first-order valence-electron chi connectivity index (χ1n) is 9.77. The maximum atomic E-state index is 5.89. The van der Waals surface area contributed by atoms with Gasteiger partial charge in [0.2, 0.25) is 0 Å². The molecule has 0 N–H and O–H groups in total. The summed E-state index contributed by atoms with van der Waals surface area (Å²) in [6.45, 7) is 2.54. The van der Waals surface area contributed by atoms with E-state index in [1.165, 1.54) is 29.5 Å². The zero-order valence-electron chi connectivity index (χ0n) is 15.1. The Bertz CT molecular complexity index is 814. The predicted molar refractivity (Wildman–Crippen MR) is 103 cm³/mol. The fourth-order valence-electron chi connectivity index (χ4n) is 4.54. The molecule has 0 radical (unpaired) electrons. The Morgan fingerprint density at radius 3 is 2.62 bits per heavy atom. The van der Waals surface area contributed by atoms with Gasteiger partial charge in [-0.25, -0.2) is 0 Å². The van der Waals surface area contributed by atoms with Gasteiger partial charge in [-0.05, 0) is 48.1 Å². The van der Waals surface area contributed by atoms with Crippen LogP contribution in [0.1, 0.15) is 36.8 Å². The van der Waals surface area contributed by atoms with Gasteiger partial charge in [-0.1, -0.05) is 42.5 Å². The van der Waals surface area contributed by atoms with Gasteiger partial charge < -0.3 is 9.47 Å². The van der Waals surface area contributed by atoms with E-state index in [2.05, 4.69) is 59.5 Å². The summed E-state index contributed by atoms with van der Waals surface area (Å²) in [4.78, 5) is 2.68. The highest BCUT2D eigenvalue weighted by Crippen LogP contribution is 2.41. The molecular formula is C23H25NO2. The molecule has 3 nitrogen and oxygen atoms in total. The van der Waals surface area contributed by atoms with E-state index >= 15 is 0 Å². The maximum Gasteiger partial charge on any atom is 0.161 e. The predicted octanol–water partition coefficient (Wildman–Crippen LogP) is 4.67. The van der Waals surface area contributed by atoms with Crippen LogP contribution in [0.5, 0.6) is 11.5 Å². The van der Waals surface area contributed by atoms with Crippen molar-refractivity contribution >= 4 is 5.57 Å². The summed E-state index contributed by atoms with van der Waals surface area (Å²) in [6.07, 6.45) is 7.13. The van der Waals surface area contributed by atoms with Crippen LogP contribution in [0.2, 0.25) is 0 Å². The zero-order valence-corrected chi connectivity index (χ0v) is 15.1. The number of nitrogens with zero attached hydrogens (tertiary/aromatic N) is 1. The highest BCUT2D eigenvalue weighted by molar-refractivity contribution is 5.70. The van der Waals surface area contributed by atoms with E-state index in [4.69, 9.17) is 9.47 Å². The molecule has 0 amide bonds. The van der Waals surface area contributed by atoms with E-state index < -0.39 is 0 Å². The minimum Gasteiger partial charge on any atom is -0.490 e. The molecule has 1 saturated heterocycles. The zero-order chi connectivity index (χ0) is 17.3. The first kappa shape index (κ1) is 16.0. The Hall–Kier alpha value is -2.26. The van der Waals surface area contributed by atoms with Crippen LogP contribution in [-0.4, -0.2) is 30.2 Å². The summed E-state index contributed by atoms with van der Waals surface area (Å²) in [5.41, 5.74) is 4.18. The van der Waals surface area contributed by atoms with E-state index in [1.54, 1.807) is 0 Å². The number of benzene rings is 2. The van der Waals surface area contributed by atoms with E-state index in [0.717, 1.165) is 44.1 Å². The molecule has 26 heavy (non-hydrogen) atoms. The molecule has 0 spiro atoms. The maximum absolute atomic E-state index is 5.89.